The number of rotatable bonds is 5. The van der Waals surface area contributed by atoms with Crippen molar-refractivity contribution in [2.45, 2.75) is 11.8 Å². The van der Waals surface area contributed by atoms with Crippen LogP contribution in [0.2, 0.25) is 5.02 Å². The molecule has 1 N–H and O–H groups in total. The molecule has 2 rings (SSSR count). The van der Waals surface area contributed by atoms with Gasteiger partial charge in [-0.1, -0.05) is 23.7 Å². The van der Waals surface area contributed by atoms with E-state index in [0.29, 0.717) is 12.4 Å². The molecule has 0 saturated carbocycles. The minimum Gasteiger partial charge on any atom is -0.492 e. The summed E-state index contributed by atoms with van der Waals surface area (Å²) in [6.07, 6.45) is 0. The van der Waals surface area contributed by atoms with E-state index >= 15 is 0 Å². The lowest BCUT2D eigenvalue weighted by molar-refractivity contribution is 0.342. The summed E-state index contributed by atoms with van der Waals surface area (Å²) in [4.78, 5) is -0.513. The van der Waals surface area contributed by atoms with Gasteiger partial charge in [-0.05, 0) is 37.3 Å². The van der Waals surface area contributed by atoms with Gasteiger partial charge in [-0.2, -0.15) is 0 Å². The summed E-state index contributed by atoms with van der Waals surface area (Å²) in [5.74, 6) is -0.508. The normalized spacial score (nSPS) is 11.2. The Labute approximate surface area is 127 Å². The average Bonchev–Trinajstić information content (AvgIpc) is 2.43. The van der Waals surface area contributed by atoms with Gasteiger partial charge in [0, 0.05) is 5.02 Å². The zero-order valence-electron chi connectivity index (χ0n) is 11.1. The van der Waals surface area contributed by atoms with Crippen LogP contribution in [0.5, 0.6) is 5.75 Å². The Kier molecular flexibility index (Phi) is 4.69. The van der Waals surface area contributed by atoms with Gasteiger partial charge in [0.25, 0.3) is 10.0 Å². The van der Waals surface area contributed by atoms with Crippen LogP contribution in [0, 0.1) is 5.82 Å². The van der Waals surface area contributed by atoms with Gasteiger partial charge < -0.3 is 4.74 Å². The van der Waals surface area contributed by atoms with Crippen molar-refractivity contribution < 1.29 is 17.5 Å². The van der Waals surface area contributed by atoms with Crippen molar-refractivity contribution in [3.8, 4) is 5.75 Å². The van der Waals surface area contributed by atoms with Crippen molar-refractivity contribution in [1.82, 2.24) is 0 Å². The predicted molar refractivity (Wildman–Crippen MR) is 79.8 cm³/mol. The Hall–Kier alpha value is -1.79. The number of nitrogens with one attached hydrogen (secondary N) is 1. The van der Waals surface area contributed by atoms with Crippen molar-refractivity contribution in [2.75, 3.05) is 11.3 Å². The smallest absolute Gasteiger partial charge is 0.264 e. The van der Waals surface area contributed by atoms with Gasteiger partial charge in [-0.3, -0.25) is 4.72 Å². The van der Waals surface area contributed by atoms with E-state index in [-0.39, 0.29) is 10.7 Å². The number of benzene rings is 2. The van der Waals surface area contributed by atoms with Crippen molar-refractivity contribution >= 4 is 27.3 Å². The van der Waals surface area contributed by atoms with Crippen LogP contribution in [0.4, 0.5) is 10.1 Å². The van der Waals surface area contributed by atoms with Crippen LogP contribution in [-0.4, -0.2) is 15.0 Å². The van der Waals surface area contributed by atoms with E-state index in [4.69, 9.17) is 16.3 Å². The number of para-hydroxylation sites is 2. The Bertz CT molecular complexity index is 750. The summed E-state index contributed by atoms with van der Waals surface area (Å²) >= 11 is 5.72. The molecule has 0 aliphatic rings. The third kappa shape index (κ3) is 3.65. The van der Waals surface area contributed by atoms with E-state index in [2.05, 4.69) is 4.72 Å². The fraction of sp³-hybridized carbons (Fsp3) is 0.143. The fourth-order valence-corrected chi connectivity index (χ4v) is 3.13. The summed E-state index contributed by atoms with van der Waals surface area (Å²) in [6, 6.07) is 9.86. The minimum absolute atomic E-state index is 0.134. The average molecular weight is 330 g/mol. The Morgan fingerprint density at radius 1 is 1.24 bits per heavy atom. The molecule has 0 aliphatic carbocycles. The molecule has 4 nitrogen and oxygen atoms in total. The van der Waals surface area contributed by atoms with Gasteiger partial charge in [0.1, 0.15) is 16.5 Å². The maximum atomic E-state index is 13.7. The number of hydrogen-bond acceptors (Lipinski definition) is 3. The highest BCUT2D eigenvalue weighted by molar-refractivity contribution is 7.92. The standard InChI is InChI=1S/C14H13ClFNO3S/c1-2-20-13-6-4-3-5-12(13)17-21(18,19)14-9-10(15)7-8-11(14)16/h3-9,17H,2H2,1H3. The van der Waals surface area contributed by atoms with Gasteiger partial charge in [0.05, 0.1) is 12.3 Å². The lowest BCUT2D eigenvalue weighted by atomic mass is 10.3. The monoisotopic (exact) mass is 329 g/mol. The molecule has 0 radical (unpaired) electrons. The fourth-order valence-electron chi connectivity index (χ4n) is 1.72. The lowest BCUT2D eigenvalue weighted by Crippen LogP contribution is -2.15. The van der Waals surface area contributed by atoms with E-state index < -0.39 is 20.7 Å². The number of sulfonamides is 1. The SMILES string of the molecule is CCOc1ccccc1NS(=O)(=O)c1cc(Cl)ccc1F. The second kappa shape index (κ2) is 6.32. The van der Waals surface area contributed by atoms with E-state index in [1.807, 2.05) is 0 Å². The molecule has 0 amide bonds. The van der Waals surface area contributed by atoms with Crippen molar-refractivity contribution in [3.63, 3.8) is 0 Å². The van der Waals surface area contributed by atoms with Gasteiger partial charge >= 0.3 is 0 Å². The highest BCUT2D eigenvalue weighted by Crippen LogP contribution is 2.28. The number of halogens is 2. The van der Waals surface area contributed by atoms with Crippen molar-refractivity contribution in [1.29, 1.82) is 0 Å². The zero-order chi connectivity index (χ0) is 15.5. The molecule has 0 heterocycles. The molecule has 0 bridgehead atoms. The summed E-state index contributed by atoms with van der Waals surface area (Å²) in [5.41, 5.74) is 0.235. The Morgan fingerprint density at radius 2 is 1.95 bits per heavy atom. The minimum atomic E-state index is -4.10. The zero-order valence-corrected chi connectivity index (χ0v) is 12.7. The third-order valence-corrected chi connectivity index (χ3v) is 4.23. The molecule has 0 saturated heterocycles. The predicted octanol–water partition coefficient (Wildman–Crippen LogP) is 3.68. The van der Waals surface area contributed by atoms with Crippen molar-refractivity contribution in [3.05, 3.63) is 53.3 Å². The molecule has 0 aromatic heterocycles. The molecule has 21 heavy (non-hydrogen) atoms. The summed E-state index contributed by atoms with van der Waals surface area (Å²) in [7, 11) is -4.10. The number of ether oxygens (including phenoxy) is 1. The highest BCUT2D eigenvalue weighted by Gasteiger charge is 2.21. The van der Waals surface area contributed by atoms with Crippen molar-refractivity contribution in [2.24, 2.45) is 0 Å². The molecule has 0 aliphatic heterocycles. The lowest BCUT2D eigenvalue weighted by Gasteiger charge is -2.13. The van der Waals surface area contributed by atoms with Gasteiger partial charge in [-0.25, -0.2) is 12.8 Å². The molecule has 0 unspecified atom stereocenters. The van der Waals surface area contributed by atoms with Gasteiger partial charge in [0.15, 0.2) is 0 Å². The molecule has 2 aromatic carbocycles. The number of hydrogen-bond donors (Lipinski definition) is 1. The second-order valence-electron chi connectivity index (χ2n) is 4.11. The number of anilines is 1. The van der Waals surface area contributed by atoms with E-state index in [0.717, 1.165) is 12.1 Å². The summed E-state index contributed by atoms with van der Waals surface area (Å²) in [6.45, 7) is 2.16. The van der Waals surface area contributed by atoms with E-state index in [1.54, 1.807) is 25.1 Å². The molecule has 2 aromatic rings. The second-order valence-corrected chi connectivity index (χ2v) is 6.20. The summed E-state index contributed by atoms with van der Waals surface area (Å²) in [5, 5.41) is 0.134. The van der Waals surface area contributed by atoms with Gasteiger partial charge in [0.2, 0.25) is 0 Å². The quantitative estimate of drug-likeness (QED) is 0.910. The van der Waals surface area contributed by atoms with Crippen LogP contribution in [0.1, 0.15) is 6.92 Å². The maximum absolute atomic E-state index is 13.7. The first-order valence-corrected chi connectivity index (χ1v) is 8.00. The molecule has 0 spiro atoms. The highest BCUT2D eigenvalue weighted by atomic mass is 35.5. The first kappa shape index (κ1) is 15.6. The molecule has 7 heteroatoms. The molecular weight excluding hydrogens is 317 g/mol. The Balaban J connectivity index is 2.40. The van der Waals surface area contributed by atoms with Crippen LogP contribution >= 0.6 is 11.6 Å². The topological polar surface area (TPSA) is 55.4 Å². The largest absolute Gasteiger partial charge is 0.492 e. The third-order valence-electron chi connectivity index (χ3n) is 2.61. The molecule has 0 atom stereocenters. The van der Waals surface area contributed by atoms with Crippen LogP contribution in [0.15, 0.2) is 47.4 Å². The van der Waals surface area contributed by atoms with Crippen LogP contribution in [-0.2, 0) is 10.0 Å². The first-order chi connectivity index (χ1) is 9.94. The molecule has 112 valence electrons. The van der Waals surface area contributed by atoms with Crippen LogP contribution < -0.4 is 9.46 Å². The maximum Gasteiger partial charge on any atom is 0.264 e. The van der Waals surface area contributed by atoms with E-state index in [1.165, 1.54) is 12.1 Å². The van der Waals surface area contributed by atoms with Crippen LogP contribution in [0.25, 0.3) is 0 Å². The Morgan fingerprint density at radius 3 is 2.67 bits per heavy atom. The van der Waals surface area contributed by atoms with E-state index in [9.17, 15) is 12.8 Å². The molecule has 0 fully saturated rings. The first-order valence-electron chi connectivity index (χ1n) is 6.13. The van der Waals surface area contributed by atoms with Crippen LogP contribution in [0.3, 0.4) is 0 Å². The summed E-state index contributed by atoms with van der Waals surface area (Å²) < 4.78 is 45.9. The van der Waals surface area contributed by atoms with Gasteiger partial charge in [-0.15, -0.1) is 0 Å². The molecular formula is C14H13ClFNO3S.